The number of aromatic nitrogens is 4. The second kappa shape index (κ2) is 6.23. The van der Waals surface area contributed by atoms with E-state index in [0.717, 1.165) is 22.0 Å². The quantitative estimate of drug-likeness (QED) is 0.779. The van der Waals surface area contributed by atoms with Gasteiger partial charge in [-0.3, -0.25) is 4.21 Å². The number of hydrogen-bond donors (Lipinski definition) is 1. The molecule has 0 saturated heterocycles. The minimum Gasteiger partial charge on any atom is -0.369 e. The van der Waals surface area contributed by atoms with E-state index in [4.69, 9.17) is 0 Å². The molecule has 0 aliphatic heterocycles. The molecule has 0 aliphatic rings. The molecular weight excluding hydrogens is 298 g/mol. The SMILES string of the molecule is Cc1nc2ncnn2c(NCC[S@@](=O)c2ccccc2)c1C. The molecule has 22 heavy (non-hydrogen) atoms. The van der Waals surface area contributed by atoms with Crippen LogP contribution in [0.25, 0.3) is 5.78 Å². The Morgan fingerprint density at radius 3 is 2.77 bits per heavy atom. The minimum atomic E-state index is -1.02. The van der Waals surface area contributed by atoms with Crippen molar-refractivity contribution in [2.45, 2.75) is 18.7 Å². The summed E-state index contributed by atoms with van der Waals surface area (Å²) >= 11 is 0. The molecule has 7 heteroatoms. The first kappa shape index (κ1) is 14.6. The van der Waals surface area contributed by atoms with Gasteiger partial charge in [-0.05, 0) is 26.0 Å². The second-order valence-corrected chi connectivity index (χ2v) is 6.50. The van der Waals surface area contributed by atoms with Crippen molar-refractivity contribution < 1.29 is 4.21 Å². The van der Waals surface area contributed by atoms with Crippen LogP contribution in [-0.4, -0.2) is 36.1 Å². The number of aryl methyl sites for hydroxylation is 1. The highest BCUT2D eigenvalue weighted by Gasteiger charge is 2.11. The van der Waals surface area contributed by atoms with Gasteiger partial charge in [0.05, 0.1) is 10.8 Å². The van der Waals surface area contributed by atoms with E-state index in [2.05, 4.69) is 20.4 Å². The van der Waals surface area contributed by atoms with Crippen molar-refractivity contribution in [2.24, 2.45) is 0 Å². The molecule has 1 atom stereocenters. The van der Waals surface area contributed by atoms with E-state index in [-0.39, 0.29) is 0 Å². The van der Waals surface area contributed by atoms with Crippen molar-refractivity contribution in [1.29, 1.82) is 0 Å². The summed E-state index contributed by atoms with van der Waals surface area (Å²) < 4.78 is 13.9. The van der Waals surface area contributed by atoms with Crippen LogP contribution in [-0.2, 0) is 10.8 Å². The molecule has 114 valence electrons. The number of anilines is 1. The molecule has 0 bridgehead atoms. The van der Waals surface area contributed by atoms with Crippen LogP contribution in [0.4, 0.5) is 5.82 Å². The first-order valence-electron chi connectivity index (χ1n) is 7.01. The largest absolute Gasteiger partial charge is 0.369 e. The maximum Gasteiger partial charge on any atom is 0.254 e. The lowest BCUT2D eigenvalue weighted by molar-refractivity contribution is 0.683. The predicted molar refractivity (Wildman–Crippen MR) is 86.5 cm³/mol. The smallest absolute Gasteiger partial charge is 0.254 e. The highest BCUT2D eigenvalue weighted by molar-refractivity contribution is 7.85. The number of nitrogens with zero attached hydrogens (tertiary/aromatic N) is 4. The molecule has 0 saturated carbocycles. The van der Waals surface area contributed by atoms with Gasteiger partial charge in [0.1, 0.15) is 12.1 Å². The van der Waals surface area contributed by atoms with Crippen molar-refractivity contribution in [2.75, 3.05) is 17.6 Å². The predicted octanol–water partition coefficient (Wildman–Crippen LogP) is 1.96. The maximum absolute atomic E-state index is 12.2. The van der Waals surface area contributed by atoms with Gasteiger partial charge in [0.2, 0.25) is 0 Å². The van der Waals surface area contributed by atoms with Gasteiger partial charge >= 0.3 is 0 Å². The molecule has 3 aromatic rings. The summed E-state index contributed by atoms with van der Waals surface area (Å²) in [5.41, 5.74) is 1.93. The first-order valence-corrected chi connectivity index (χ1v) is 8.33. The number of benzene rings is 1. The lowest BCUT2D eigenvalue weighted by atomic mass is 10.2. The van der Waals surface area contributed by atoms with Gasteiger partial charge in [-0.2, -0.15) is 14.6 Å². The van der Waals surface area contributed by atoms with Crippen LogP contribution < -0.4 is 5.32 Å². The minimum absolute atomic E-state index is 0.529. The third-order valence-corrected chi connectivity index (χ3v) is 4.87. The van der Waals surface area contributed by atoms with Gasteiger partial charge in [0.25, 0.3) is 5.78 Å². The molecule has 0 spiro atoms. The zero-order valence-electron chi connectivity index (χ0n) is 12.5. The molecule has 1 N–H and O–H groups in total. The van der Waals surface area contributed by atoms with Crippen LogP contribution in [0.1, 0.15) is 11.3 Å². The third kappa shape index (κ3) is 2.85. The molecule has 6 nitrogen and oxygen atoms in total. The Kier molecular flexibility index (Phi) is 4.15. The maximum atomic E-state index is 12.2. The number of rotatable bonds is 5. The highest BCUT2D eigenvalue weighted by Crippen LogP contribution is 2.17. The van der Waals surface area contributed by atoms with E-state index in [1.165, 1.54) is 6.33 Å². The Morgan fingerprint density at radius 2 is 2.00 bits per heavy atom. The fourth-order valence-electron chi connectivity index (χ4n) is 2.19. The summed E-state index contributed by atoms with van der Waals surface area (Å²) in [6.45, 7) is 4.51. The first-order chi connectivity index (χ1) is 10.7. The van der Waals surface area contributed by atoms with Crippen LogP contribution in [0, 0.1) is 13.8 Å². The monoisotopic (exact) mass is 315 g/mol. The van der Waals surface area contributed by atoms with Crippen LogP contribution in [0.5, 0.6) is 0 Å². The highest BCUT2D eigenvalue weighted by atomic mass is 32.2. The average Bonchev–Trinajstić information content (AvgIpc) is 2.99. The van der Waals surface area contributed by atoms with E-state index < -0.39 is 10.8 Å². The van der Waals surface area contributed by atoms with Crippen LogP contribution in [0.15, 0.2) is 41.6 Å². The molecule has 2 heterocycles. The van der Waals surface area contributed by atoms with E-state index in [1.54, 1.807) is 4.52 Å². The lowest BCUT2D eigenvalue weighted by Gasteiger charge is -2.12. The van der Waals surface area contributed by atoms with E-state index in [9.17, 15) is 4.21 Å². The van der Waals surface area contributed by atoms with Crippen molar-refractivity contribution in [3.8, 4) is 0 Å². The van der Waals surface area contributed by atoms with Crippen LogP contribution in [0.3, 0.4) is 0 Å². The third-order valence-electron chi connectivity index (χ3n) is 3.49. The Labute approximate surface area is 131 Å². The fourth-order valence-corrected chi connectivity index (χ4v) is 3.18. The Morgan fingerprint density at radius 1 is 1.23 bits per heavy atom. The molecule has 1 aromatic carbocycles. The van der Waals surface area contributed by atoms with Crippen LogP contribution >= 0.6 is 0 Å². The van der Waals surface area contributed by atoms with Crippen LogP contribution in [0.2, 0.25) is 0 Å². The van der Waals surface area contributed by atoms with Crippen molar-refractivity contribution in [3.05, 3.63) is 47.9 Å². The summed E-state index contributed by atoms with van der Waals surface area (Å²) in [5.74, 6) is 1.95. The van der Waals surface area contributed by atoms with E-state index in [1.807, 2.05) is 44.2 Å². The molecule has 0 unspecified atom stereocenters. The van der Waals surface area contributed by atoms with Gasteiger partial charge in [-0.15, -0.1) is 0 Å². The number of hydrogen-bond acceptors (Lipinski definition) is 5. The molecule has 0 aliphatic carbocycles. The number of nitrogens with one attached hydrogen (secondary N) is 1. The lowest BCUT2D eigenvalue weighted by Crippen LogP contribution is -2.15. The van der Waals surface area contributed by atoms with Gasteiger partial charge in [0, 0.05) is 28.5 Å². The molecule has 0 radical (unpaired) electrons. The van der Waals surface area contributed by atoms with Gasteiger partial charge in [-0.1, -0.05) is 18.2 Å². The fraction of sp³-hybridized carbons (Fsp3) is 0.267. The number of fused-ring (bicyclic) bond motifs is 1. The van der Waals surface area contributed by atoms with Gasteiger partial charge in [-0.25, -0.2) is 4.98 Å². The Bertz CT molecular complexity index is 815. The summed E-state index contributed by atoms with van der Waals surface area (Å²) in [4.78, 5) is 9.33. The molecular formula is C15H17N5OS. The Hall–Kier alpha value is -2.28. The summed E-state index contributed by atoms with van der Waals surface area (Å²) in [6, 6.07) is 9.48. The molecule has 3 rings (SSSR count). The molecule has 2 aromatic heterocycles. The van der Waals surface area contributed by atoms with Crippen molar-refractivity contribution in [1.82, 2.24) is 19.6 Å². The second-order valence-electron chi connectivity index (χ2n) is 4.93. The standard InChI is InChI=1S/C15H17N5OS/c1-11-12(2)19-15-17-10-18-20(15)14(11)16-8-9-22(21)13-6-4-3-5-7-13/h3-7,10,16H,8-9H2,1-2H3/t22-/m1/s1. The van der Waals surface area contributed by atoms with Crippen molar-refractivity contribution >= 4 is 22.4 Å². The van der Waals surface area contributed by atoms with Gasteiger partial charge < -0.3 is 5.32 Å². The van der Waals surface area contributed by atoms with Crippen molar-refractivity contribution in [3.63, 3.8) is 0 Å². The molecule has 0 amide bonds. The summed E-state index contributed by atoms with van der Waals surface area (Å²) in [5, 5.41) is 7.49. The van der Waals surface area contributed by atoms with Gasteiger partial charge in [0.15, 0.2) is 0 Å². The van der Waals surface area contributed by atoms with E-state index >= 15 is 0 Å². The Balaban J connectivity index is 1.73. The zero-order chi connectivity index (χ0) is 15.5. The molecule has 0 fully saturated rings. The topological polar surface area (TPSA) is 72.2 Å². The summed E-state index contributed by atoms with van der Waals surface area (Å²) in [7, 11) is -1.02. The normalized spacial score (nSPS) is 12.5. The average molecular weight is 315 g/mol. The summed E-state index contributed by atoms with van der Waals surface area (Å²) in [6.07, 6.45) is 1.48. The zero-order valence-corrected chi connectivity index (χ0v) is 13.3. The van der Waals surface area contributed by atoms with E-state index in [0.29, 0.717) is 18.1 Å².